The molecule has 26 heavy (non-hydrogen) atoms. The van der Waals surface area contributed by atoms with E-state index in [1.165, 1.54) is 50.0 Å². The van der Waals surface area contributed by atoms with Crippen LogP contribution in [0.1, 0.15) is 65.2 Å². The van der Waals surface area contributed by atoms with Crippen molar-refractivity contribution in [1.29, 1.82) is 0 Å². The molecule has 0 amide bonds. The van der Waals surface area contributed by atoms with Gasteiger partial charge in [-0.15, -0.1) is 0 Å². The molecule has 0 bridgehead atoms. The third-order valence-electron chi connectivity index (χ3n) is 4.27. The summed E-state index contributed by atoms with van der Waals surface area (Å²) in [6.45, 7) is 4.37. The Balaban J connectivity index is 3.53. The summed E-state index contributed by atoms with van der Waals surface area (Å²) in [7, 11) is 36.0. The second-order valence-corrected chi connectivity index (χ2v) is 24.2. The number of rotatable bonds is 17. The molecule has 0 aromatic rings. The second-order valence-electron chi connectivity index (χ2n) is 6.52. The van der Waals surface area contributed by atoms with Crippen LogP contribution in [0.25, 0.3) is 0 Å². The predicted molar refractivity (Wildman–Crippen MR) is 140 cm³/mol. The third kappa shape index (κ3) is 20.4. The Bertz CT molecular complexity index is 304. The van der Waals surface area contributed by atoms with Crippen LogP contribution in [0, 0.1) is 11.8 Å². The van der Waals surface area contributed by atoms with E-state index in [1.54, 1.807) is 0 Å². The molecule has 0 saturated carbocycles. The van der Waals surface area contributed by atoms with Crippen LogP contribution in [0.4, 0.5) is 0 Å². The minimum Gasteiger partial charge on any atom is -0.0942 e. The normalized spacial score (nSPS) is 16.5. The number of hydrogen-bond donors (Lipinski definition) is 0. The molecule has 2 atom stereocenters. The summed E-state index contributed by atoms with van der Waals surface area (Å²) in [5.41, 5.74) is 0. The van der Waals surface area contributed by atoms with E-state index in [4.69, 9.17) is 64.1 Å². The fourth-order valence-corrected chi connectivity index (χ4v) is 10.0. The summed E-state index contributed by atoms with van der Waals surface area (Å²) in [4.78, 5) is 0. The Morgan fingerprint density at radius 3 is 1.23 bits per heavy atom. The monoisotopic (exact) mass is 562 g/mol. The molecule has 2 unspecified atom stereocenters. The minimum atomic E-state index is -1.93. The van der Waals surface area contributed by atoms with Crippen molar-refractivity contribution in [3.05, 3.63) is 0 Å². The quantitative estimate of drug-likeness (QED) is 0.127. The average molecular weight is 565 g/mol. The van der Waals surface area contributed by atoms with E-state index in [0.717, 1.165) is 24.3 Å². The molecular weight excluding hydrogens is 533 g/mol. The van der Waals surface area contributed by atoms with Crippen LogP contribution < -0.4 is 0 Å². The van der Waals surface area contributed by atoms with Crippen LogP contribution >= 0.6 is 101 Å². The van der Waals surface area contributed by atoms with Gasteiger partial charge < -0.3 is 0 Å². The first-order valence-corrected chi connectivity index (χ1v) is 20.2. The lowest BCUT2D eigenvalue weighted by atomic mass is 10.0. The molecular formula is C16H32Cl6S4. The van der Waals surface area contributed by atoms with E-state index >= 15 is 0 Å². The molecule has 0 radical (unpaired) electrons. The summed E-state index contributed by atoms with van der Waals surface area (Å²) in [5, 5.41) is 0. The van der Waals surface area contributed by atoms with Crippen molar-refractivity contribution in [1.82, 2.24) is 0 Å². The van der Waals surface area contributed by atoms with E-state index in [9.17, 15) is 0 Å². The highest BCUT2D eigenvalue weighted by atomic mass is 36.2. The fraction of sp³-hybridized carbons (Fsp3) is 1.00. The zero-order valence-electron chi connectivity index (χ0n) is 15.5. The van der Waals surface area contributed by atoms with E-state index in [2.05, 4.69) is 13.8 Å². The minimum absolute atomic E-state index is 0.552. The molecule has 0 N–H and O–H groups in total. The van der Waals surface area contributed by atoms with Gasteiger partial charge in [-0.05, 0) is 117 Å². The Labute approximate surface area is 199 Å². The molecule has 10 heteroatoms. The highest BCUT2D eigenvalue weighted by Gasteiger charge is 2.20. The van der Waals surface area contributed by atoms with Gasteiger partial charge in [-0.25, -0.2) is 0 Å². The van der Waals surface area contributed by atoms with Gasteiger partial charge in [0.2, 0.25) is 0 Å². The molecule has 0 heterocycles. The molecule has 0 spiro atoms. The largest absolute Gasteiger partial charge is 0.0942 e. The van der Waals surface area contributed by atoms with Gasteiger partial charge in [0.1, 0.15) is 0 Å². The number of unbranched alkanes of at least 4 members (excludes halogenated alkanes) is 2. The smallest absolute Gasteiger partial charge is 0.0193 e. The lowest BCUT2D eigenvalue weighted by Crippen LogP contribution is -2.05. The lowest BCUT2D eigenvalue weighted by molar-refractivity contribution is 0.501. The van der Waals surface area contributed by atoms with Crippen molar-refractivity contribution in [2.24, 2.45) is 11.8 Å². The molecule has 0 rings (SSSR count). The zero-order chi connectivity index (χ0) is 20.1. The van der Waals surface area contributed by atoms with Crippen molar-refractivity contribution in [3.8, 4) is 0 Å². The van der Waals surface area contributed by atoms with Crippen molar-refractivity contribution < 1.29 is 0 Å². The van der Waals surface area contributed by atoms with Crippen LogP contribution in [0.2, 0.25) is 0 Å². The molecule has 162 valence electrons. The van der Waals surface area contributed by atoms with Gasteiger partial charge in [0.05, 0.1) is 0 Å². The van der Waals surface area contributed by atoms with E-state index in [1.807, 2.05) is 21.6 Å². The van der Waals surface area contributed by atoms with Crippen molar-refractivity contribution in [2.45, 2.75) is 65.2 Å². The average Bonchev–Trinajstić information content (AvgIpc) is 2.51. The number of halogens is 6. The van der Waals surface area contributed by atoms with Gasteiger partial charge in [-0.3, -0.25) is 0 Å². The predicted octanol–water partition coefficient (Wildman–Crippen LogP) is 11.3. The van der Waals surface area contributed by atoms with Crippen molar-refractivity contribution in [3.63, 3.8) is 0 Å². The molecule has 0 aliphatic carbocycles. The first-order chi connectivity index (χ1) is 12.1. The van der Waals surface area contributed by atoms with Gasteiger partial charge in [0, 0.05) is 23.0 Å². The lowest BCUT2D eigenvalue weighted by Gasteiger charge is -2.22. The maximum Gasteiger partial charge on any atom is 0.0193 e. The molecule has 0 aliphatic rings. The van der Waals surface area contributed by atoms with Gasteiger partial charge in [-0.1, -0.05) is 61.1 Å². The summed E-state index contributed by atoms with van der Waals surface area (Å²) in [6, 6.07) is 0. The highest BCUT2D eigenvalue weighted by molar-refractivity contribution is 8.79. The SMILES string of the molecule is CCC(CCCCSSCCCCC(CC)CS(Cl)(Cl)Cl)CS(Cl)(Cl)Cl. The first kappa shape index (κ1) is 29.1. The zero-order valence-corrected chi connectivity index (χ0v) is 23.3. The summed E-state index contributed by atoms with van der Waals surface area (Å²) in [5.74, 6) is 5.00. The molecule has 0 fully saturated rings. The van der Waals surface area contributed by atoms with Crippen LogP contribution in [0.3, 0.4) is 0 Å². The Hall–Kier alpha value is 3.14. The van der Waals surface area contributed by atoms with Crippen LogP contribution in [-0.4, -0.2) is 23.0 Å². The summed E-state index contributed by atoms with van der Waals surface area (Å²) < 4.78 is 0. The Morgan fingerprint density at radius 1 is 0.615 bits per heavy atom. The molecule has 0 aliphatic heterocycles. The van der Waals surface area contributed by atoms with Gasteiger partial charge in [-0.2, -0.15) is 0 Å². The Morgan fingerprint density at radius 2 is 0.962 bits per heavy atom. The molecule has 0 nitrogen and oxygen atoms in total. The van der Waals surface area contributed by atoms with Crippen LogP contribution in [0.15, 0.2) is 0 Å². The summed E-state index contributed by atoms with van der Waals surface area (Å²) >= 11 is 0. The highest BCUT2D eigenvalue weighted by Crippen LogP contribution is 2.65. The van der Waals surface area contributed by atoms with Gasteiger partial charge in [0.25, 0.3) is 0 Å². The van der Waals surface area contributed by atoms with Crippen LogP contribution in [0.5, 0.6) is 0 Å². The van der Waals surface area contributed by atoms with Crippen molar-refractivity contribution >= 4 is 101 Å². The van der Waals surface area contributed by atoms with Gasteiger partial charge >= 0.3 is 0 Å². The first-order valence-electron chi connectivity index (χ1n) is 9.11. The van der Waals surface area contributed by atoms with Crippen molar-refractivity contribution in [2.75, 3.05) is 23.0 Å². The standard InChI is InChI=1S/C16H32Cl6S4/c1-3-15(13-25(17,18)19)9-5-7-11-23-24-12-8-6-10-16(4-2)14-26(20,21)22/h15-16H,3-14H2,1-2H3. The summed E-state index contributed by atoms with van der Waals surface area (Å²) in [6.07, 6.45) is 9.48. The van der Waals surface area contributed by atoms with E-state index in [-0.39, 0.29) is 0 Å². The molecule has 0 aromatic heterocycles. The third-order valence-corrected chi connectivity index (χ3v) is 10.8. The Kier molecular flexibility index (Phi) is 18.8. The van der Waals surface area contributed by atoms with Crippen LogP contribution in [-0.2, 0) is 0 Å². The maximum absolute atomic E-state index is 5.98. The molecule has 0 aromatic carbocycles. The molecule has 0 saturated heterocycles. The topological polar surface area (TPSA) is 0 Å². The maximum atomic E-state index is 5.98. The van der Waals surface area contributed by atoms with E-state index in [0.29, 0.717) is 11.8 Å². The van der Waals surface area contributed by atoms with Gasteiger partial charge in [0.15, 0.2) is 0 Å². The van der Waals surface area contributed by atoms with E-state index < -0.39 is 15.3 Å². The number of hydrogen-bond acceptors (Lipinski definition) is 2. The fourth-order valence-electron chi connectivity index (χ4n) is 2.65. The second kappa shape index (κ2) is 16.8.